The highest BCUT2D eigenvalue weighted by atomic mass is 14.3. The van der Waals surface area contributed by atoms with Gasteiger partial charge in [-0.15, -0.1) is 22.9 Å². The van der Waals surface area contributed by atoms with Crippen molar-refractivity contribution in [2.75, 3.05) is 0 Å². The van der Waals surface area contributed by atoms with Gasteiger partial charge in [-0.05, 0) is 213 Å². The molecule has 0 nitrogen and oxygen atoms in total. The van der Waals surface area contributed by atoms with Gasteiger partial charge in [0.25, 0.3) is 0 Å². The zero-order valence-corrected chi connectivity index (χ0v) is 40.9. The van der Waals surface area contributed by atoms with E-state index in [1.165, 1.54) is 66.8 Å². The molecule has 0 radical (unpaired) electrons. The van der Waals surface area contributed by atoms with Gasteiger partial charge >= 0.3 is 0 Å². The molecule has 8 bridgehead atoms. The Labute approximate surface area is 365 Å². The zero-order valence-electron chi connectivity index (χ0n) is 40.9. The van der Waals surface area contributed by atoms with Crippen molar-refractivity contribution in [2.45, 2.75) is 160 Å². The molecule has 0 aliphatic heterocycles. The Hall–Kier alpha value is -5.04. The molecule has 0 heterocycles. The Bertz CT molecular complexity index is 2150. The minimum Gasteiger partial charge on any atom is -0.113 e. The molecule has 312 valence electrons. The average molecular weight is 793 g/mol. The minimum atomic E-state index is -0.0307. The van der Waals surface area contributed by atoms with Crippen LogP contribution in [-0.4, -0.2) is 0 Å². The largest absolute Gasteiger partial charge is 0.113 e. The van der Waals surface area contributed by atoms with Gasteiger partial charge in [-0.2, -0.15) is 0 Å². The van der Waals surface area contributed by atoms with Crippen molar-refractivity contribution >= 4 is 44.6 Å². The van der Waals surface area contributed by atoms with E-state index in [0.29, 0.717) is 0 Å². The number of fused-ring (bicyclic) bond motifs is 8. The van der Waals surface area contributed by atoms with Crippen molar-refractivity contribution in [2.24, 2.45) is 0 Å². The topological polar surface area (TPSA) is 0 Å². The van der Waals surface area contributed by atoms with Gasteiger partial charge in [-0.25, -0.2) is 0 Å². The van der Waals surface area contributed by atoms with Crippen LogP contribution in [0.4, 0.5) is 0 Å². The highest BCUT2D eigenvalue weighted by Gasteiger charge is 2.21. The normalized spacial score (nSPS) is 14.7. The first-order valence-electron chi connectivity index (χ1n) is 21.9. The first kappa shape index (κ1) is 46.0. The van der Waals surface area contributed by atoms with E-state index in [-0.39, 0.29) is 21.7 Å². The van der Waals surface area contributed by atoms with Gasteiger partial charge in [-0.3, -0.25) is 0 Å². The van der Waals surface area contributed by atoms with E-state index >= 15 is 0 Å². The summed E-state index contributed by atoms with van der Waals surface area (Å²) in [5.41, 5.74) is 39.0. The molecule has 0 heteroatoms. The van der Waals surface area contributed by atoms with Crippen LogP contribution in [0.5, 0.6) is 0 Å². The number of hydrogen-bond donors (Lipinski definition) is 0. The molecule has 1 aliphatic carbocycles. The van der Waals surface area contributed by atoms with Gasteiger partial charge in [0.1, 0.15) is 0 Å². The smallest absolute Gasteiger partial charge is 0.00157 e. The van der Waals surface area contributed by atoms with Gasteiger partial charge in [0, 0.05) is 0 Å². The van der Waals surface area contributed by atoms with E-state index < -0.39 is 0 Å². The highest BCUT2D eigenvalue weighted by Crippen LogP contribution is 2.36. The molecule has 0 saturated carbocycles. The summed E-state index contributed by atoms with van der Waals surface area (Å²) in [6, 6.07) is 28.2. The third-order valence-electron chi connectivity index (χ3n) is 12.2. The van der Waals surface area contributed by atoms with Crippen molar-refractivity contribution in [1.82, 2.24) is 0 Å². The Morgan fingerprint density at radius 2 is 0.333 bits per heavy atom. The second-order valence-corrected chi connectivity index (χ2v) is 21.7. The summed E-state index contributed by atoms with van der Waals surface area (Å²) in [7, 11) is 0. The van der Waals surface area contributed by atoms with Crippen LogP contribution in [0.15, 0.2) is 95.7 Å². The number of rotatable bonds is 0. The second-order valence-electron chi connectivity index (χ2n) is 21.7. The summed E-state index contributed by atoms with van der Waals surface area (Å²) < 4.78 is 0. The van der Waals surface area contributed by atoms with Crippen LogP contribution in [0.25, 0.3) is 44.6 Å². The Morgan fingerprint density at radius 3 is 0.433 bits per heavy atom. The Morgan fingerprint density at radius 1 is 0.217 bits per heavy atom. The molecule has 0 aromatic heterocycles. The van der Waals surface area contributed by atoms with Crippen LogP contribution in [-0.2, 0) is 21.7 Å². The molecule has 1 aliphatic rings. The molecule has 0 fully saturated rings. The van der Waals surface area contributed by atoms with E-state index in [2.05, 4.69) is 234 Å². The number of benzene rings is 4. The predicted molar refractivity (Wildman–Crippen MR) is 267 cm³/mol. The molecule has 0 N–H and O–H groups in total. The van der Waals surface area contributed by atoms with Crippen LogP contribution in [0, 0.1) is 0 Å². The maximum Gasteiger partial charge on any atom is -0.00157 e. The Balaban J connectivity index is 1.98. The molecule has 0 saturated heterocycles. The highest BCUT2D eigenvalue weighted by molar-refractivity contribution is 5.83. The molecule has 4 aromatic rings. The molecule has 60 heavy (non-hydrogen) atoms. The quantitative estimate of drug-likeness (QED) is 0.156. The molecule has 0 amide bonds. The van der Waals surface area contributed by atoms with Crippen LogP contribution < -0.4 is 0 Å². The fourth-order valence-electron chi connectivity index (χ4n) is 7.68. The number of allylic oxidation sites excluding steroid dienone is 4. The lowest BCUT2D eigenvalue weighted by atomic mass is 9.82. The third-order valence-corrected chi connectivity index (χ3v) is 12.2. The molecular weight excluding hydrogens is 721 g/mol. The zero-order chi connectivity index (χ0) is 44.9. The van der Waals surface area contributed by atoms with Crippen molar-refractivity contribution in [3.05, 3.63) is 162 Å². The van der Waals surface area contributed by atoms with Crippen LogP contribution in [0.1, 0.15) is 205 Å². The average Bonchev–Trinajstić information content (AvgIpc) is 3.15. The summed E-state index contributed by atoms with van der Waals surface area (Å²) >= 11 is 0. The molecule has 0 spiro atoms. The van der Waals surface area contributed by atoms with E-state index in [0.717, 1.165) is 44.6 Å². The van der Waals surface area contributed by atoms with E-state index in [9.17, 15) is 0 Å². The van der Waals surface area contributed by atoms with Gasteiger partial charge < -0.3 is 0 Å². The SMILES string of the molecule is CC1=C=C(C)c2cc(cc(C(C)(C)C)c2)C(C)=C=C(C)c2cc(cc(C(C)(C)C)c2)C(C)=C=C(C)c2cc(cc(C(C)(C)C)c2)C(C)=C=C(C)c2cc1cc(C(C)(C)C)c2. The molecule has 0 unspecified atom stereocenters. The van der Waals surface area contributed by atoms with Gasteiger partial charge in [0.05, 0.1) is 0 Å². The summed E-state index contributed by atoms with van der Waals surface area (Å²) in [4.78, 5) is 0. The predicted octanol–water partition coefficient (Wildman–Crippen LogP) is 17.6. The number of hydrogen-bond acceptors (Lipinski definition) is 0. The maximum atomic E-state index is 3.86. The fraction of sp³-hybridized carbons (Fsp3) is 0.400. The summed E-state index contributed by atoms with van der Waals surface area (Å²) in [6.45, 7) is 45.2. The van der Waals surface area contributed by atoms with Crippen molar-refractivity contribution < 1.29 is 0 Å². The van der Waals surface area contributed by atoms with Crippen molar-refractivity contribution in [3.8, 4) is 0 Å². The first-order valence-corrected chi connectivity index (χ1v) is 21.9. The van der Waals surface area contributed by atoms with E-state index in [4.69, 9.17) is 0 Å². The first-order chi connectivity index (χ1) is 27.5. The molecule has 0 atom stereocenters. The molecule has 5 rings (SSSR count). The van der Waals surface area contributed by atoms with Crippen LogP contribution in [0.3, 0.4) is 0 Å². The van der Waals surface area contributed by atoms with E-state index in [1.54, 1.807) is 0 Å². The molecule has 4 aromatic carbocycles. The van der Waals surface area contributed by atoms with Gasteiger partial charge in [-0.1, -0.05) is 132 Å². The van der Waals surface area contributed by atoms with Gasteiger partial charge in [0.15, 0.2) is 0 Å². The second kappa shape index (κ2) is 16.8. The lowest BCUT2D eigenvalue weighted by Gasteiger charge is -2.22. The standard InChI is InChI=1S/C60H72/c1-37-21-38(2)47-26-48(32-54(31-47)58(12,13)14)41(5)23-42(6)51-28-52(36-56(35-51)60(18,19)20)44(8)24-43(7)50-27-49(33-55(34-50)59(15,16)17)40(4)22-39(3)46-25-45(37)29-53(30-46)57(9,10)11/h25-36H,1-20H3. The van der Waals surface area contributed by atoms with Crippen LogP contribution >= 0.6 is 0 Å². The lowest BCUT2D eigenvalue weighted by molar-refractivity contribution is 0.589. The minimum absolute atomic E-state index is 0.0307. The maximum absolute atomic E-state index is 3.86. The van der Waals surface area contributed by atoms with Crippen LogP contribution in [0.2, 0.25) is 0 Å². The summed E-state index contributed by atoms with van der Waals surface area (Å²) in [5.74, 6) is 0. The van der Waals surface area contributed by atoms with Gasteiger partial charge in [0.2, 0.25) is 0 Å². The third kappa shape index (κ3) is 10.8. The van der Waals surface area contributed by atoms with E-state index in [1.807, 2.05) is 0 Å². The summed E-state index contributed by atoms with van der Waals surface area (Å²) in [6.07, 6.45) is 0. The molecular formula is C60H72. The van der Waals surface area contributed by atoms with Crippen molar-refractivity contribution in [3.63, 3.8) is 0 Å². The monoisotopic (exact) mass is 793 g/mol. The summed E-state index contributed by atoms with van der Waals surface area (Å²) in [5, 5.41) is 0. The Kier molecular flexibility index (Phi) is 12.9. The fourth-order valence-corrected chi connectivity index (χ4v) is 7.68. The van der Waals surface area contributed by atoms with Crippen molar-refractivity contribution in [1.29, 1.82) is 0 Å². The lowest BCUT2D eigenvalue weighted by Crippen LogP contribution is -2.12.